The van der Waals surface area contributed by atoms with Gasteiger partial charge in [0.2, 0.25) is 0 Å². The van der Waals surface area contributed by atoms with Crippen molar-refractivity contribution in [2.75, 3.05) is 13.7 Å². The molecule has 9 nitrogen and oxygen atoms in total. The van der Waals surface area contributed by atoms with Gasteiger partial charge in [0.05, 0.1) is 17.8 Å². The molecule has 3 aromatic rings. The molecule has 4 rings (SSSR count). The number of rotatable bonds is 5. The van der Waals surface area contributed by atoms with Gasteiger partial charge in [-0.25, -0.2) is 14.1 Å². The quantitative estimate of drug-likeness (QED) is 0.400. The summed E-state index contributed by atoms with van der Waals surface area (Å²) in [4.78, 5) is 4.18. The first-order valence-corrected chi connectivity index (χ1v) is 11.6. The maximum atomic E-state index is 14.1. The molecule has 2 aromatic heterocycles. The lowest BCUT2D eigenvalue weighted by atomic mass is 9.75. The van der Waals surface area contributed by atoms with E-state index in [0.29, 0.717) is 10.0 Å². The molecule has 0 radical (unpaired) electrons. The summed E-state index contributed by atoms with van der Waals surface area (Å²) in [6.45, 7) is -0.552. The summed E-state index contributed by atoms with van der Waals surface area (Å²) in [5.74, 6) is -0.636. The minimum Gasteiger partial charge on any atom is -0.394 e. The molecular weight excluding hydrogens is 553 g/mol. The van der Waals surface area contributed by atoms with Gasteiger partial charge in [0.15, 0.2) is 0 Å². The Kier molecular flexibility index (Phi) is 7.25. The summed E-state index contributed by atoms with van der Waals surface area (Å²) in [5.41, 5.74) is -1.74. The number of nitrogens with zero attached hydrogens (tertiary/aromatic N) is 5. The predicted molar refractivity (Wildman–Crippen MR) is 126 cm³/mol. The highest BCUT2D eigenvalue weighted by atomic mass is 79.9. The fourth-order valence-electron chi connectivity index (χ4n) is 4.20. The highest BCUT2D eigenvalue weighted by Crippen LogP contribution is 2.45. The smallest absolute Gasteiger partial charge is 0.150 e. The molecule has 0 unspecified atom stereocenters. The number of halogens is 3. The number of nitriles is 1. The molecule has 0 spiro atoms. The van der Waals surface area contributed by atoms with E-state index >= 15 is 0 Å². The van der Waals surface area contributed by atoms with Gasteiger partial charge in [-0.2, -0.15) is 5.26 Å². The lowest BCUT2D eigenvalue weighted by Crippen LogP contribution is -2.68. The number of pyridine rings is 1. The van der Waals surface area contributed by atoms with Gasteiger partial charge in [-0.05, 0) is 34.1 Å². The molecule has 178 valence electrons. The molecule has 0 aliphatic carbocycles. The Morgan fingerprint density at radius 1 is 1.44 bits per heavy atom. The van der Waals surface area contributed by atoms with Crippen LogP contribution in [0.4, 0.5) is 4.39 Å². The molecule has 13 heteroatoms. The van der Waals surface area contributed by atoms with Crippen LogP contribution in [0.5, 0.6) is 0 Å². The number of aliphatic hydroxyl groups excluding tert-OH is 2. The molecule has 0 saturated carbocycles. The third kappa shape index (κ3) is 4.01. The van der Waals surface area contributed by atoms with E-state index in [9.17, 15) is 19.9 Å². The highest BCUT2D eigenvalue weighted by Gasteiger charge is 2.60. The molecule has 2 N–H and O–H groups in total. The van der Waals surface area contributed by atoms with Crippen LogP contribution in [-0.4, -0.2) is 67.7 Å². The topological polar surface area (TPSA) is 126 Å². The number of aromatic nitrogens is 4. The molecule has 5 atom stereocenters. The Morgan fingerprint density at radius 3 is 2.85 bits per heavy atom. The van der Waals surface area contributed by atoms with Gasteiger partial charge in [0, 0.05) is 28.9 Å². The molecule has 1 aliphatic heterocycles. The number of thiol groups is 1. The Labute approximate surface area is 212 Å². The largest absolute Gasteiger partial charge is 0.394 e. The van der Waals surface area contributed by atoms with Crippen LogP contribution in [0, 0.1) is 17.1 Å². The zero-order valence-electron chi connectivity index (χ0n) is 17.5. The van der Waals surface area contributed by atoms with E-state index in [2.05, 4.69) is 43.9 Å². The zero-order valence-corrected chi connectivity index (χ0v) is 20.7. The summed E-state index contributed by atoms with van der Waals surface area (Å²) in [6.07, 6.45) is -0.701. The number of ether oxygens (including phenoxy) is 2. The van der Waals surface area contributed by atoms with Crippen molar-refractivity contribution in [2.45, 2.75) is 29.3 Å². The SMILES string of the molecule is CO[C@@H]1[C@H](S)O[C@@H](CO)[C@@H](O)[C@@]1(c1cc(Br)cnc1C#N)n1cc(-c2ccc(Cl)c(F)c2)nn1. The van der Waals surface area contributed by atoms with Crippen LogP contribution in [0.1, 0.15) is 11.3 Å². The van der Waals surface area contributed by atoms with Gasteiger partial charge >= 0.3 is 0 Å². The number of hydrogen-bond donors (Lipinski definition) is 3. The molecule has 1 aromatic carbocycles. The molecule has 0 bridgehead atoms. The van der Waals surface area contributed by atoms with Gasteiger partial charge in [0.25, 0.3) is 0 Å². The van der Waals surface area contributed by atoms with Crippen LogP contribution in [0.2, 0.25) is 5.02 Å². The van der Waals surface area contributed by atoms with Gasteiger partial charge in [-0.3, -0.25) is 0 Å². The van der Waals surface area contributed by atoms with E-state index < -0.39 is 41.7 Å². The highest BCUT2D eigenvalue weighted by molar-refractivity contribution is 9.10. The summed E-state index contributed by atoms with van der Waals surface area (Å²) < 4.78 is 27.3. The van der Waals surface area contributed by atoms with Crippen molar-refractivity contribution in [1.29, 1.82) is 5.26 Å². The maximum absolute atomic E-state index is 14.1. The molecule has 0 amide bonds. The monoisotopic (exact) mass is 569 g/mol. The molecule has 1 saturated heterocycles. The lowest BCUT2D eigenvalue weighted by molar-refractivity contribution is -0.213. The minimum absolute atomic E-state index is 0.0157. The van der Waals surface area contributed by atoms with Crippen molar-refractivity contribution >= 4 is 40.2 Å². The fourth-order valence-corrected chi connectivity index (χ4v) is 5.15. The summed E-state index contributed by atoms with van der Waals surface area (Å²) in [7, 11) is 1.39. The van der Waals surface area contributed by atoms with Crippen LogP contribution >= 0.6 is 40.2 Å². The standard InChI is InChI=1S/C21H18BrClFN5O4S/c1-32-19-20(34)33-17(9-30)18(31)21(19,12-5-11(22)7-26-15(12)6-25)29-8-16(27-28-29)10-2-3-13(23)14(24)4-10/h2-5,7-8,17-20,30-31,34H,9H2,1H3/t17-,18+,19+,20-,21+/m0/s1. The van der Waals surface area contributed by atoms with E-state index in [4.69, 9.17) is 21.1 Å². The first kappa shape index (κ1) is 25.0. The van der Waals surface area contributed by atoms with Gasteiger partial charge < -0.3 is 19.7 Å². The van der Waals surface area contributed by atoms with Crippen molar-refractivity contribution in [3.8, 4) is 17.3 Å². The summed E-state index contributed by atoms with van der Waals surface area (Å²) in [6, 6.07) is 7.79. The van der Waals surface area contributed by atoms with Gasteiger partial charge in [0.1, 0.15) is 52.6 Å². The third-order valence-electron chi connectivity index (χ3n) is 5.72. The fraction of sp³-hybridized carbons (Fsp3) is 0.333. The second-order valence-electron chi connectivity index (χ2n) is 7.51. The van der Waals surface area contributed by atoms with Crippen LogP contribution in [0.3, 0.4) is 0 Å². The van der Waals surface area contributed by atoms with Crippen molar-refractivity contribution in [2.24, 2.45) is 0 Å². The van der Waals surface area contributed by atoms with Crippen molar-refractivity contribution in [1.82, 2.24) is 20.0 Å². The summed E-state index contributed by atoms with van der Waals surface area (Å²) >= 11 is 13.6. The normalized spacial score (nSPS) is 26.9. The van der Waals surface area contributed by atoms with Crippen LogP contribution in [-0.2, 0) is 15.0 Å². The average Bonchev–Trinajstić information content (AvgIpc) is 3.32. The van der Waals surface area contributed by atoms with Crippen molar-refractivity contribution in [3.05, 3.63) is 63.2 Å². The van der Waals surface area contributed by atoms with E-state index in [1.54, 1.807) is 12.1 Å². The Morgan fingerprint density at radius 2 is 2.21 bits per heavy atom. The van der Waals surface area contributed by atoms with Crippen molar-refractivity contribution < 1.29 is 24.1 Å². The van der Waals surface area contributed by atoms with Crippen LogP contribution in [0.25, 0.3) is 11.3 Å². The van der Waals surface area contributed by atoms with E-state index in [0.717, 1.165) is 0 Å². The molecule has 1 aliphatic rings. The average molecular weight is 571 g/mol. The Bertz CT molecular complexity index is 1260. The number of methoxy groups -OCH3 is 1. The first-order valence-electron chi connectivity index (χ1n) is 9.87. The second kappa shape index (κ2) is 9.87. The van der Waals surface area contributed by atoms with Crippen molar-refractivity contribution in [3.63, 3.8) is 0 Å². The summed E-state index contributed by atoms with van der Waals surface area (Å²) in [5, 5.41) is 39.6. The Balaban J connectivity index is 2.02. The zero-order chi connectivity index (χ0) is 24.6. The third-order valence-corrected chi connectivity index (χ3v) is 6.86. The lowest BCUT2D eigenvalue weighted by Gasteiger charge is -2.51. The minimum atomic E-state index is -1.66. The number of benzene rings is 1. The van der Waals surface area contributed by atoms with Crippen LogP contribution in [0.15, 0.2) is 41.1 Å². The number of aliphatic hydroxyl groups is 2. The molecule has 34 heavy (non-hydrogen) atoms. The molecular formula is C21H18BrClFN5O4S. The van der Waals surface area contributed by atoms with E-state index in [1.807, 2.05) is 6.07 Å². The molecule has 1 fully saturated rings. The van der Waals surface area contributed by atoms with Gasteiger partial charge in [-0.15, -0.1) is 17.7 Å². The van der Waals surface area contributed by atoms with Crippen LogP contribution < -0.4 is 0 Å². The first-order chi connectivity index (χ1) is 16.3. The predicted octanol–water partition coefficient (Wildman–Crippen LogP) is 2.53. The molecule has 3 heterocycles. The number of hydrogen-bond acceptors (Lipinski definition) is 9. The van der Waals surface area contributed by atoms with E-state index in [-0.39, 0.29) is 22.0 Å². The van der Waals surface area contributed by atoms with E-state index in [1.165, 1.54) is 36.3 Å². The van der Waals surface area contributed by atoms with Gasteiger partial charge in [-0.1, -0.05) is 22.9 Å². The second-order valence-corrected chi connectivity index (χ2v) is 9.34. The Hall–Kier alpha value is -2.11. The maximum Gasteiger partial charge on any atom is 0.150 e.